The highest BCUT2D eigenvalue weighted by atomic mass is 16.7. The van der Waals surface area contributed by atoms with Crippen LogP contribution in [0, 0.1) is 0 Å². The van der Waals surface area contributed by atoms with Gasteiger partial charge in [0.2, 0.25) is 11.8 Å². The largest absolute Gasteiger partial charge is 0.481 e. The van der Waals surface area contributed by atoms with Crippen LogP contribution in [0.3, 0.4) is 0 Å². The Bertz CT molecular complexity index is 1380. The SMILES string of the molecule is CC(C)(C)N(CCOCCOCC(=O)ON1C(=O)CCC1=O)C(=O)NC1CCN(C(=O)CC[C@H](NC(=O)CCCCCCCCCCCCCCCCC(=O)O)C(=O)O)CC1. The summed E-state index contributed by atoms with van der Waals surface area (Å²) >= 11 is 0. The summed E-state index contributed by atoms with van der Waals surface area (Å²) in [6.45, 7) is 6.71. The Morgan fingerprint density at radius 1 is 0.721 bits per heavy atom. The van der Waals surface area contributed by atoms with Crippen molar-refractivity contribution in [1.29, 1.82) is 0 Å². The van der Waals surface area contributed by atoms with E-state index in [9.17, 15) is 43.5 Å². The van der Waals surface area contributed by atoms with Gasteiger partial charge in [0.15, 0.2) is 0 Å². The minimum Gasteiger partial charge on any atom is -0.481 e. The number of likely N-dealkylation sites (tertiary alicyclic amines) is 1. The van der Waals surface area contributed by atoms with E-state index in [-0.39, 0.29) is 88.8 Å². The Hall–Kier alpha value is -4.32. The third kappa shape index (κ3) is 23.5. The number of carboxylic acid groups (broad SMARTS) is 2. The van der Waals surface area contributed by atoms with Crippen LogP contribution < -0.4 is 10.6 Å². The van der Waals surface area contributed by atoms with E-state index in [4.69, 9.17) is 19.4 Å². The molecule has 2 aliphatic heterocycles. The van der Waals surface area contributed by atoms with Crippen LogP contribution >= 0.6 is 0 Å². The molecule has 6 amide bonds. The van der Waals surface area contributed by atoms with E-state index in [1.54, 1.807) is 9.80 Å². The molecular weight excluding hydrogens is 794 g/mol. The average Bonchev–Trinajstić information content (AvgIpc) is 3.51. The molecular formula is C43H73N5O13. The number of nitrogens with zero attached hydrogens (tertiary/aromatic N) is 3. The predicted octanol–water partition coefficient (Wildman–Crippen LogP) is 5.10. The molecule has 0 aromatic rings. The van der Waals surface area contributed by atoms with Crippen molar-refractivity contribution in [1.82, 2.24) is 25.5 Å². The minimum absolute atomic E-state index is 0.000810. The van der Waals surface area contributed by atoms with Crippen LogP contribution in [0.2, 0.25) is 0 Å². The number of amides is 6. The molecule has 0 spiro atoms. The summed E-state index contributed by atoms with van der Waals surface area (Å²) in [4.78, 5) is 104. The van der Waals surface area contributed by atoms with Gasteiger partial charge < -0.3 is 45.0 Å². The molecule has 4 N–H and O–H groups in total. The van der Waals surface area contributed by atoms with Gasteiger partial charge in [-0.2, -0.15) is 0 Å². The van der Waals surface area contributed by atoms with Crippen LogP contribution in [0.25, 0.3) is 0 Å². The van der Waals surface area contributed by atoms with E-state index in [1.165, 1.54) is 38.5 Å². The molecule has 2 rings (SSSR count). The molecule has 0 aromatic heterocycles. The number of piperidine rings is 1. The van der Waals surface area contributed by atoms with Crippen molar-refractivity contribution in [2.75, 3.05) is 46.1 Å². The number of carboxylic acids is 2. The molecule has 0 bridgehead atoms. The normalized spacial score (nSPS) is 15.1. The highest BCUT2D eigenvalue weighted by Crippen LogP contribution is 2.18. The first-order chi connectivity index (χ1) is 29.1. The number of nitrogens with one attached hydrogen (secondary N) is 2. The molecule has 2 saturated heterocycles. The summed E-state index contributed by atoms with van der Waals surface area (Å²) in [5.74, 6) is -4.43. The summed E-state index contributed by atoms with van der Waals surface area (Å²) in [5.41, 5.74) is -0.527. The fraction of sp³-hybridized carbons (Fsp3) is 0.814. The van der Waals surface area contributed by atoms with Gasteiger partial charge in [0.1, 0.15) is 12.6 Å². The fourth-order valence-corrected chi connectivity index (χ4v) is 7.22. The topological polar surface area (TPSA) is 238 Å². The van der Waals surface area contributed by atoms with Gasteiger partial charge in [-0.3, -0.25) is 24.0 Å². The van der Waals surface area contributed by atoms with Gasteiger partial charge in [-0.25, -0.2) is 14.4 Å². The van der Waals surface area contributed by atoms with Crippen molar-refractivity contribution < 1.29 is 62.9 Å². The van der Waals surface area contributed by atoms with Gasteiger partial charge in [-0.15, -0.1) is 5.06 Å². The monoisotopic (exact) mass is 868 g/mol. The Labute approximate surface area is 361 Å². The zero-order valence-electron chi connectivity index (χ0n) is 36.9. The van der Waals surface area contributed by atoms with E-state index in [1.807, 2.05) is 20.8 Å². The quantitative estimate of drug-likeness (QED) is 0.0509. The van der Waals surface area contributed by atoms with Crippen molar-refractivity contribution in [3.63, 3.8) is 0 Å². The number of rotatable bonds is 32. The molecule has 1 atom stereocenters. The van der Waals surface area contributed by atoms with Crippen LogP contribution in [-0.4, -0.2) is 136 Å². The molecule has 0 unspecified atom stereocenters. The smallest absolute Gasteiger partial charge is 0.358 e. The van der Waals surface area contributed by atoms with Crippen molar-refractivity contribution in [2.45, 2.75) is 180 Å². The third-order valence-corrected chi connectivity index (χ3v) is 10.8. The standard InChI is InChI=1S/C43H73N5O13/c1-43(2,3)47(28-29-59-30-31-60-32-40(55)61-48-37(51)22-23-38(48)52)42(58)44-33-24-26-46(27-25-33)36(50)21-20-34(41(56)57)45-35(49)18-16-14-12-10-8-6-4-5-7-9-11-13-15-17-19-39(53)54/h33-34H,4-32H2,1-3H3,(H,44,58)(H,45,49)(H,53,54)(H,56,57)/t34-/m0/s1. The summed E-state index contributed by atoms with van der Waals surface area (Å²) in [5, 5.41) is 24.5. The Kier molecular flexibility index (Phi) is 25.8. The van der Waals surface area contributed by atoms with Crippen LogP contribution in [-0.2, 0) is 47.9 Å². The molecule has 2 heterocycles. The van der Waals surface area contributed by atoms with E-state index in [0.29, 0.717) is 37.4 Å². The number of hydrogen-bond acceptors (Lipinski definition) is 11. The lowest BCUT2D eigenvalue weighted by atomic mass is 10.0. The number of unbranched alkanes of at least 4 members (excludes halogenated alkanes) is 13. The minimum atomic E-state index is -1.17. The number of carbonyl (C=O) groups is 8. The second-order valence-corrected chi connectivity index (χ2v) is 17.0. The summed E-state index contributed by atoms with van der Waals surface area (Å²) in [6, 6.07) is -1.58. The maximum atomic E-state index is 13.3. The molecule has 0 saturated carbocycles. The zero-order chi connectivity index (χ0) is 45.0. The van der Waals surface area contributed by atoms with E-state index < -0.39 is 47.9 Å². The predicted molar refractivity (Wildman–Crippen MR) is 224 cm³/mol. The molecule has 18 nitrogen and oxygen atoms in total. The molecule has 0 radical (unpaired) electrons. The lowest BCUT2D eigenvalue weighted by Crippen LogP contribution is -2.55. The second-order valence-electron chi connectivity index (χ2n) is 17.0. The highest BCUT2D eigenvalue weighted by Gasteiger charge is 2.33. The number of aliphatic carboxylic acids is 2. The van der Waals surface area contributed by atoms with Crippen LogP contribution in [0.5, 0.6) is 0 Å². The number of carbonyl (C=O) groups excluding carboxylic acids is 6. The summed E-state index contributed by atoms with van der Waals surface area (Å²) in [7, 11) is 0. The number of hydrogen-bond donors (Lipinski definition) is 4. The highest BCUT2D eigenvalue weighted by molar-refractivity contribution is 6.01. The fourth-order valence-electron chi connectivity index (χ4n) is 7.22. The van der Waals surface area contributed by atoms with Gasteiger partial charge >= 0.3 is 23.9 Å². The van der Waals surface area contributed by atoms with Gasteiger partial charge in [0.05, 0.1) is 19.8 Å². The van der Waals surface area contributed by atoms with Gasteiger partial charge in [-0.05, 0) is 52.9 Å². The Morgan fingerprint density at radius 3 is 1.74 bits per heavy atom. The lowest BCUT2D eigenvalue weighted by molar-refractivity contribution is -0.200. The van der Waals surface area contributed by atoms with Crippen molar-refractivity contribution in [3.05, 3.63) is 0 Å². The number of hydroxylamine groups is 2. The zero-order valence-corrected chi connectivity index (χ0v) is 36.9. The Morgan fingerprint density at radius 2 is 1.23 bits per heavy atom. The maximum absolute atomic E-state index is 13.3. The third-order valence-electron chi connectivity index (χ3n) is 10.8. The Balaban J connectivity index is 1.55. The molecule has 61 heavy (non-hydrogen) atoms. The van der Waals surface area contributed by atoms with Crippen LogP contribution in [0.1, 0.15) is 162 Å². The number of urea groups is 1. The van der Waals surface area contributed by atoms with Crippen LogP contribution in [0.15, 0.2) is 0 Å². The number of imide groups is 1. The average molecular weight is 868 g/mol. The molecule has 2 fully saturated rings. The molecule has 18 heteroatoms. The molecule has 348 valence electrons. The van der Waals surface area contributed by atoms with Gasteiger partial charge in [0, 0.05) is 63.3 Å². The van der Waals surface area contributed by atoms with E-state index >= 15 is 0 Å². The summed E-state index contributed by atoms with van der Waals surface area (Å²) < 4.78 is 10.8. The first-order valence-electron chi connectivity index (χ1n) is 22.4. The summed E-state index contributed by atoms with van der Waals surface area (Å²) in [6.07, 6.45) is 16.6. The van der Waals surface area contributed by atoms with Gasteiger partial charge in [0.25, 0.3) is 11.8 Å². The molecule has 2 aliphatic rings. The second kappa shape index (κ2) is 29.9. The van der Waals surface area contributed by atoms with Gasteiger partial charge in [-0.1, -0.05) is 77.0 Å². The number of ether oxygens (including phenoxy) is 2. The maximum Gasteiger partial charge on any atom is 0.358 e. The van der Waals surface area contributed by atoms with Crippen LogP contribution in [0.4, 0.5) is 4.79 Å². The first-order valence-corrected chi connectivity index (χ1v) is 22.4. The van der Waals surface area contributed by atoms with Crippen molar-refractivity contribution in [3.8, 4) is 0 Å². The molecule has 0 aliphatic carbocycles. The van der Waals surface area contributed by atoms with Crippen molar-refractivity contribution in [2.24, 2.45) is 0 Å². The first kappa shape index (κ1) is 52.8. The van der Waals surface area contributed by atoms with E-state index in [0.717, 1.165) is 44.9 Å². The van der Waals surface area contributed by atoms with E-state index in [2.05, 4.69) is 10.6 Å². The molecule has 0 aromatic carbocycles. The van der Waals surface area contributed by atoms with Crippen molar-refractivity contribution >= 4 is 47.6 Å². The lowest BCUT2D eigenvalue weighted by Gasteiger charge is -2.38.